The summed E-state index contributed by atoms with van der Waals surface area (Å²) >= 11 is 0. The molecule has 0 unspecified atom stereocenters. The SMILES string of the molecule is C=CC(=O)NCCCCOc1ccc(O)c(O)c1. The smallest absolute Gasteiger partial charge is 0.243 e. The Morgan fingerprint density at radius 2 is 2.11 bits per heavy atom. The van der Waals surface area contributed by atoms with Crippen molar-refractivity contribution in [3.63, 3.8) is 0 Å². The van der Waals surface area contributed by atoms with Crippen molar-refractivity contribution in [3.05, 3.63) is 30.9 Å². The number of phenolic OH excluding ortho intramolecular Hbond substituents is 2. The van der Waals surface area contributed by atoms with Crippen LogP contribution in [-0.4, -0.2) is 29.3 Å². The number of aromatic hydroxyl groups is 2. The molecule has 98 valence electrons. The molecule has 5 nitrogen and oxygen atoms in total. The summed E-state index contributed by atoms with van der Waals surface area (Å²) in [4.78, 5) is 10.8. The highest BCUT2D eigenvalue weighted by molar-refractivity contribution is 5.86. The van der Waals surface area contributed by atoms with Crippen molar-refractivity contribution in [2.24, 2.45) is 0 Å². The number of hydrogen-bond donors (Lipinski definition) is 3. The van der Waals surface area contributed by atoms with E-state index in [-0.39, 0.29) is 17.4 Å². The maximum atomic E-state index is 10.8. The Balaban J connectivity index is 2.16. The predicted octanol–water partition coefficient (Wildman–Crippen LogP) is 1.56. The zero-order valence-electron chi connectivity index (χ0n) is 10.1. The van der Waals surface area contributed by atoms with Gasteiger partial charge in [-0.05, 0) is 31.1 Å². The van der Waals surface area contributed by atoms with E-state index in [0.717, 1.165) is 12.8 Å². The molecule has 18 heavy (non-hydrogen) atoms. The molecule has 5 heteroatoms. The van der Waals surface area contributed by atoms with E-state index in [4.69, 9.17) is 9.84 Å². The van der Waals surface area contributed by atoms with E-state index in [0.29, 0.717) is 18.9 Å². The standard InChI is InChI=1S/C13H17NO4/c1-2-13(17)14-7-3-4-8-18-10-5-6-11(15)12(16)9-10/h2,5-6,9,15-16H,1,3-4,7-8H2,(H,14,17). The normalized spacial score (nSPS) is 9.78. The van der Waals surface area contributed by atoms with Gasteiger partial charge in [0.05, 0.1) is 6.61 Å². The molecule has 0 aliphatic heterocycles. The van der Waals surface area contributed by atoms with Crippen molar-refractivity contribution < 1.29 is 19.7 Å². The lowest BCUT2D eigenvalue weighted by Crippen LogP contribution is -2.22. The van der Waals surface area contributed by atoms with Crippen molar-refractivity contribution in [1.29, 1.82) is 0 Å². The molecule has 1 rings (SSSR count). The largest absolute Gasteiger partial charge is 0.504 e. The minimum Gasteiger partial charge on any atom is -0.504 e. The molecule has 0 bridgehead atoms. The molecule has 0 heterocycles. The summed E-state index contributed by atoms with van der Waals surface area (Å²) in [5.74, 6) is -0.0555. The molecule has 1 aromatic carbocycles. The minimum atomic E-state index is -0.203. The lowest BCUT2D eigenvalue weighted by Gasteiger charge is -2.07. The van der Waals surface area contributed by atoms with Crippen LogP contribution in [0.4, 0.5) is 0 Å². The number of carbonyl (C=O) groups is 1. The first-order chi connectivity index (χ1) is 8.63. The first kappa shape index (κ1) is 13.9. The number of phenols is 2. The molecule has 0 fully saturated rings. The molecular formula is C13H17NO4. The summed E-state index contributed by atoms with van der Waals surface area (Å²) in [6, 6.07) is 4.30. The molecule has 3 N–H and O–H groups in total. The number of rotatable bonds is 7. The lowest BCUT2D eigenvalue weighted by molar-refractivity contribution is -0.116. The topological polar surface area (TPSA) is 78.8 Å². The number of nitrogens with one attached hydrogen (secondary N) is 1. The highest BCUT2D eigenvalue weighted by Crippen LogP contribution is 2.28. The van der Waals surface area contributed by atoms with Gasteiger partial charge in [0.25, 0.3) is 0 Å². The lowest BCUT2D eigenvalue weighted by atomic mass is 10.3. The Kier molecular flexibility index (Phi) is 5.57. The van der Waals surface area contributed by atoms with E-state index < -0.39 is 0 Å². The van der Waals surface area contributed by atoms with Gasteiger partial charge in [-0.2, -0.15) is 0 Å². The van der Waals surface area contributed by atoms with Gasteiger partial charge in [0.1, 0.15) is 5.75 Å². The third kappa shape index (κ3) is 4.78. The second-order valence-corrected chi connectivity index (χ2v) is 3.70. The summed E-state index contributed by atoms with van der Waals surface area (Å²) < 4.78 is 5.37. The van der Waals surface area contributed by atoms with E-state index in [9.17, 15) is 9.90 Å². The minimum absolute atomic E-state index is 0.172. The monoisotopic (exact) mass is 251 g/mol. The maximum Gasteiger partial charge on any atom is 0.243 e. The van der Waals surface area contributed by atoms with Crippen LogP contribution >= 0.6 is 0 Å². The number of carbonyl (C=O) groups excluding carboxylic acids is 1. The van der Waals surface area contributed by atoms with Crippen LogP contribution in [0.25, 0.3) is 0 Å². The van der Waals surface area contributed by atoms with Gasteiger partial charge in [0.2, 0.25) is 5.91 Å². The van der Waals surface area contributed by atoms with Crippen LogP contribution in [0.5, 0.6) is 17.2 Å². The Bertz CT molecular complexity index is 417. The highest BCUT2D eigenvalue weighted by atomic mass is 16.5. The summed E-state index contributed by atoms with van der Waals surface area (Å²) in [7, 11) is 0. The van der Waals surface area contributed by atoms with Crippen LogP contribution in [0.3, 0.4) is 0 Å². The Morgan fingerprint density at radius 1 is 1.33 bits per heavy atom. The molecule has 0 radical (unpaired) electrons. The molecule has 1 amide bonds. The molecule has 0 spiro atoms. The second-order valence-electron chi connectivity index (χ2n) is 3.70. The third-order valence-corrected chi connectivity index (χ3v) is 2.27. The molecule has 0 atom stereocenters. The van der Waals surface area contributed by atoms with Gasteiger partial charge >= 0.3 is 0 Å². The number of benzene rings is 1. The molecule has 0 aromatic heterocycles. The quantitative estimate of drug-likeness (QED) is 0.390. The third-order valence-electron chi connectivity index (χ3n) is 2.27. The zero-order valence-corrected chi connectivity index (χ0v) is 10.1. The van der Waals surface area contributed by atoms with Crippen molar-refractivity contribution in [3.8, 4) is 17.2 Å². The van der Waals surface area contributed by atoms with Crippen molar-refractivity contribution in [2.45, 2.75) is 12.8 Å². The molecule has 0 saturated carbocycles. The van der Waals surface area contributed by atoms with Gasteiger partial charge in [-0.3, -0.25) is 4.79 Å². The molecule has 0 saturated heterocycles. The molecule has 1 aromatic rings. The van der Waals surface area contributed by atoms with E-state index in [1.165, 1.54) is 18.2 Å². The second kappa shape index (κ2) is 7.21. The first-order valence-corrected chi connectivity index (χ1v) is 5.68. The summed E-state index contributed by atoms with van der Waals surface area (Å²) in [6.45, 7) is 4.41. The van der Waals surface area contributed by atoms with E-state index >= 15 is 0 Å². The summed E-state index contributed by atoms with van der Waals surface area (Å²) in [6.07, 6.45) is 2.80. The number of amides is 1. The summed E-state index contributed by atoms with van der Waals surface area (Å²) in [5, 5.41) is 21.0. The summed E-state index contributed by atoms with van der Waals surface area (Å²) in [5.41, 5.74) is 0. The molecule has 0 aliphatic carbocycles. The van der Waals surface area contributed by atoms with Crippen LogP contribution in [0.1, 0.15) is 12.8 Å². The van der Waals surface area contributed by atoms with Crippen LogP contribution in [0, 0.1) is 0 Å². The van der Waals surface area contributed by atoms with Crippen LogP contribution in [0.15, 0.2) is 30.9 Å². The van der Waals surface area contributed by atoms with E-state index in [1.807, 2.05) is 0 Å². The number of ether oxygens (including phenoxy) is 1. The van der Waals surface area contributed by atoms with Crippen molar-refractivity contribution in [2.75, 3.05) is 13.2 Å². The van der Waals surface area contributed by atoms with Crippen molar-refractivity contribution >= 4 is 5.91 Å². The molecular weight excluding hydrogens is 234 g/mol. The maximum absolute atomic E-state index is 10.8. The van der Waals surface area contributed by atoms with Gasteiger partial charge in [-0.1, -0.05) is 6.58 Å². The van der Waals surface area contributed by atoms with Gasteiger partial charge in [-0.25, -0.2) is 0 Å². The van der Waals surface area contributed by atoms with Gasteiger partial charge in [-0.15, -0.1) is 0 Å². The van der Waals surface area contributed by atoms with E-state index in [2.05, 4.69) is 11.9 Å². The van der Waals surface area contributed by atoms with Crippen LogP contribution < -0.4 is 10.1 Å². The van der Waals surface area contributed by atoms with E-state index in [1.54, 1.807) is 6.07 Å². The Morgan fingerprint density at radius 3 is 2.78 bits per heavy atom. The molecule has 0 aliphatic rings. The van der Waals surface area contributed by atoms with Crippen LogP contribution in [-0.2, 0) is 4.79 Å². The zero-order chi connectivity index (χ0) is 13.4. The Labute approximate surface area is 106 Å². The fraction of sp³-hybridized carbons (Fsp3) is 0.308. The predicted molar refractivity (Wildman–Crippen MR) is 67.7 cm³/mol. The van der Waals surface area contributed by atoms with Gasteiger partial charge in [0, 0.05) is 12.6 Å². The van der Waals surface area contributed by atoms with Gasteiger partial charge < -0.3 is 20.3 Å². The van der Waals surface area contributed by atoms with Crippen LogP contribution in [0.2, 0.25) is 0 Å². The average molecular weight is 251 g/mol. The highest BCUT2D eigenvalue weighted by Gasteiger charge is 2.01. The number of unbranched alkanes of at least 4 members (excludes halogenated alkanes) is 1. The fourth-order valence-corrected chi connectivity index (χ4v) is 1.29. The fourth-order valence-electron chi connectivity index (χ4n) is 1.29. The van der Waals surface area contributed by atoms with Gasteiger partial charge in [0.15, 0.2) is 11.5 Å². The first-order valence-electron chi connectivity index (χ1n) is 5.68. The van der Waals surface area contributed by atoms with Crippen molar-refractivity contribution in [1.82, 2.24) is 5.32 Å². The Hall–Kier alpha value is -2.17. The number of hydrogen-bond acceptors (Lipinski definition) is 4. The average Bonchev–Trinajstić information content (AvgIpc) is 2.37.